The second kappa shape index (κ2) is 22.9. The Labute approximate surface area is 496 Å². The fourth-order valence-corrected chi connectivity index (χ4v) is 14.7. The zero-order chi connectivity index (χ0) is 55.4. The molecule has 0 radical (unpaired) electrons. The molecule has 432 valence electrons. The Morgan fingerprint density at radius 1 is 0.289 bits per heavy atom. The molecule has 0 spiro atoms. The van der Waals surface area contributed by atoms with E-state index in [0.29, 0.717) is 24.2 Å². The Kier molecular flexibility index (Phi) is 16.2. The average molecular weight is 1160 g/mol. The molecule has 0 unspecified atom stereocenters. The molecule has 0 saturated carbocycles. The van der Waals surface area contributed by atoms with Gasteiger partial charge in [-0.05, 0) is 193 Å². The number of fused-ring (bicyclic) bond motifs is 8. The molecule has 0 aromatic heterocycles. The van der Waals surface area contributed by atoms with Crippen molar-refractivity contribution < 1.29 is 46.3 Å². The summed E-state index contributed by atoms with van der Waals surface area (Å²) in [6.07, 6.45) is 7.76. The summed E-state index contributed by atoms with van der Waals surface area (Å²) in [5.74, 6) is -0.0869. The Bertz CT molecular complexity index is 3340. The lowest BCUT2D eigenvalue weighted by Crippen LogP contribution is -2.35. The number of rotatable bonds is 0. The zero-order valence-corrected chi connectivity index (χ0v) is 48.7. The Morgan fingerprint density at radius 3 is 0.699 bits per heavy atom. The summed E-state index contributed by atoms with van der Waals surface area (Å²) in [4.78, 5) is 9.55. The number of hydrogen-bond acceptors (Lipinski definition) is 12. The molecule has 0 saturated heterocycles. The van der Waals surface area contributed by atoms with Crippen molar-refractivity contribution in [1.29, 1.82) is 0 Å². The number of nitrogens with zero attached hydrogens (tertiary/aromatic N) is 4. The first-order valence-corrected chi connectivity index (χ1v) is 28.1. The van der Waals surface area contributed by atoms with Crippen LogP contribution in [-0.2, 0) is 51.4 Å². The highest BCUT2D eigenvalue weighted by Crippen LogP contribution is 2.54. The molecular weight excluding hydrogens is 1090 g/mol. The van der Waals surface area contributed by atoms with Gasteiger partial charge in [-0.15, -0.1) is 24.8 Å². The first kappa shape index (κ1) is 58.7. The molecule has 0 amide bonds. The van der Waals surface area contributed by atoms with Crippen LogP contribution in [0.2, 0.25) is 0 Å². The predicted octanol–water partition coefficient (Wildman–Crippen LogP) is 11.4. The van der Waals surface area contributed by atoms with Crippen LogP contribution in [0.5, 0.6) is 46.0 Å². The van der Waals surface area contributed by atoms with Gasteiger partial charge in [0.15, 0.2) is 46.0 Å². The molecule has 10 N–H and O–H groups in total. The van der Waals surface area contributed by atoms with E-state index in [4.69, 9.17) is 0 Å². The number of likely N-dealkylation sites (N-methyl/N-ethyl adjacent to an activating group) is 4. The second-order valence-corrected chi connectivity index (χ2v) is 23.2. The van der Waals surface area contributed by atoms with Gasteiger partial charge in [0.2, 0.25) is 0 Å². The Hall–Kier alpha value is -7.46. The van der Waals surface area contributed by atoms with Gasteiger partial charge in [-0.2, -0.15) is 0 Å². The Balaban J connectivity index is 0.000000122. The van der Waals surface area contributed by atoms with Crippen LogP contribution in [0.1, 0.15) is 90.9 Å². The molecule has 8 aromatic rings. The normalized spacial score (nSPS) is 19.6. The summed E-state index contributed by atoms with van der Waals surface area (Å²) < 4.78 is 0. The minimum Gasteiger partial charge on any atom is -0.504 e. The number of phenolic OH excluding ortho intramolecular Hbond substituents is 8. The van der Waals surface area contributed by atoms with Gasteiger partial charge in [0.05, 0.1) is 0 Å². The molecule has 13 nitrogen and oxygen atoms in total. The lowest BCUT2D eigenvalue weighted by Gasteiger charge is -2.39. The highest BCUT2D eigenvalue weighted by molar-refractivity contribution is 5.86. The molecule has 15 heteroatoms. The predicted molar refractivity (Wildman–Crippen MR) is 330 cm³/mol. The topological polar surface area (TPSA) is 206 Å². The van der Waals surface area contributed by atoms with Crippen LogP contribution in [0.25, 0.3) is 44.5 Å². The lowest BCUT2D eigenvalue weighted by atomic mass is 9.77. The molecule has 8 aliphatic rings. The molecule has 4 aliphatic heterocycles. The number of hydrogen-bond donors (Lipinski definition) is 8. The van der Waals surface area contributed by atoms with Crippen LogP contribution in [0.15, 0.2) is 121 Å². The molecule has 4 heterocycles. The van der Waals surface area contributed by atoms with Crippen molar-refractivity contribution in [1.82, 2.24) is 19.6 Å². The molecule has 16 rings (SSSR count). The monoisotopic (exact) mass is 1160 g/mol. The van der Waals surface area contributed by atoms with Crippen molar-refractivity contribution in [3.05, 3.63) is 188 Å². The van der Waals surface area contributed by atoms with E-state index in [1.165, 1.54) is 44.5 Å². The maximum absolute atomic E-state index is 10.3. The average Bonchev–Trinajstić information content (AvgIpc) is 3.67. The summed E-state index contributed by atoms with van der Waals surface area (Å²) in [5.41, 5.74) is 22.8. The summed E-state index contributed by atoms with van der Waals surface area (Å²) in [6, 6.07) is 40.8. The molecular formula is C68H72Cl2N4O9. The molecule has 0 fully saturated rings. The fourth-order valence-electron chi connectivity index (χ4n) is 14.7. The number of benzene rings is 8. The molecule has 4 aliphatic carbocycles. The molecule has 83 heavy (non-hydrogen) atoms. The summed E-state index contributed by atoms with van der Waals surface area (Å²) in [7, 11) is 8.65. The zero-order valence-electron chi connectivity index (χ0n) is 47.0. The third kappa shape index (κ3) is 9.75. The molecule has 8 aromatic carbocycles. The van der Waals surface area contributed by atoms with E-state index in [1.807, 2.05) is 24.3 Å². The largest absolute Gasteiger partial charge is 0.504 e. The van der Waals surface area contributed by atoms with Gasteiger partial charge in [0.25, 0.3) is 0 Å². The SMILES string of the molecule is CN1CCc2cccc3c2[C@H]1Cc1ccc(O)c(O)c1-3.CN1CCc2cccc3c2[C@H]1Cc1ccc(O)c(O)c1-3.CN1CCc2cccc3c2[C@H]1Cc1ccc(O)c(O)c1-3.CN1CCc2cccc3c2[C@H]1Cc1ccc(O)c(O)c1-3.Cl.Cl.O. The van der Waals surface area contributed by atoms with Gasteiger partial charge < -0.3 is 46.3 Å². The maximum Gasteiger partial charge on any atom is 0.165 e. The quantitative estimate of drug-likeness (QED) is 0.0668. The van der Waals surface area contributed by atoms with Crippen molar-refractivity contribution >= 4 is 24.8 Å². The van der Waals surface area contributed by atoms with Crippen molar-refractivity contribution in [2.24, 2.45) is 0 Å². The van der Waals surface area contributed by atoms with Crippen LogP contribution in [0.3, 0.4) is 0 Å². The number of phenols is 8. The van der Waals surface area contributed by atoms with Crippen LogP contribution < -0.4 is 0 Å². The van der Waals surface area contributed by atoms with Crippen molar-refractivity contribution in [2.75, 3.05) is 54.4 Å². The first-order valence-electron chi connectivity index (χ1n) is 28.1. The van der Waals surface area contributed by atoms with E-state index in [0.717, 1.165) is 144 Å². The summed E-state index contributed by atoms with van der Waals surface area (Å²) in [5, 5.41) is 80.2. The van der Waals surface area contributed by atoms with E-state index in [-0.39, 0.29) is 76.3 Å². The second-order valence-electron chi connectivity index (χ2n) is 23.2. The van der Waals surface area contributed by atoms with E-state index >= 15 is 0 Å². The van der Waals surface area contributed by atoms with Gasteiger partial charge >= 0.3 is 0 Å². The van der Waals surface area contributed by atoms with E-state index in [1.54, 1.807) is 24.3 Å². The Morgan fingerprint density at radius 2 is 0.494 bits per heavy atom. The third-order valence-electron chi connectivity index (χ3n) is 18.9. The number of halogens is 2. The van der Waals surface area contributed by atoms with Gasteiger partial charge in [-0.3, -0.25) is 19.6 Å². The van der Waals surface area contributed by atoms with Crippen molar-refractivity contribution in [3.8, 4) is 90.5 Å². The van der Waals surface area contributed by atoms with Crippen molar-refractivity contribution in [3.63, 3.8) is 0 Å². The highest BCUT2D eigenvalue weighted by atomic mass is 35.5. The first-order chi connectivity index (χ1) is 38.7. The van der Waals surface area contributed by atoms with Crippen LogP contribution in [0.4, 0.5) is 0 Å². The highest BCUT2D eigenvalue weighted by Gasteiger charge is 2.38. The van der Waals surface area contributed by atoms with E-state index in [9.17, 15) is 40.9 Å². The van der Waals surface area contributed by atoms with Gasteiger partial charge in [-0.1, -0.05) is 97.1 Å². The lowest BCUT2D eigenvalue weighted by molar-refractivity contribution is 0.228. The van der Waals surface area contributed by atoms with Gasteiger partial charge in [0.1, 0.15) is 0 Å². The third-order valence-corrected chi connectivity index (χ3v) is 18.9. The van der Waals surface area contributed by atoms with E-state index in [2.05, 4.69) is 121 Å². The minimum absolute atomic E-state index is 0. The van der Waals surface area contributed by atoms with Crippen LogP contribution in [-0.4, -0.2) is 120 Å². The van der Waals surface area contributed by atoms with Crippen LogP contribution >= 0.6 is 24.8 Å². The smallest absolute Gasteiger partial charge is 0.165 e. The van der Waals surface area contributed by atoms with Gasteiger partial charge in [-0.25, -0.2) is 0 Å². The molecule has 0 bridgehead atoms. The summed E-state index contributed by atoms with van der Waals surface area (Å²) in [6.45, 7) is 4.28. The maximum atomic E-state index is 10.3. The standard InChI is InChI=1S/4C17H17NO2.2ClH.H2O/c4*1-18-8-7-10-3-2-4-12-15(10)13(18)9-11-5-6-14(19)17(20)16(11)12;;;/h4*2-6,13,19-20H,7-9H2,1H3;2*1H;1H2/t4*13-;;;/m1111.../s1. The number of aromatic hydroxyl groups is 8. The minimum atomic E-state index is -0.0380. The fraction of sp³-hybridized carbons (Fsp3) is 0.294. The summed E-state index contributed by atoms with van der Waals surface area (Å²) >= 11 is 0. The van der Waals surface area contributed by atoms with Crippen LogP contribution in [0, 0.1) is 0 Å². The van der Waals surface area contributed by atoms with Crippen molar-refractivity contribution in [2.45, 2.75) is 75.5 Å². The van der Waals surface area contributed by atoms with Gasteiger partial charge in [0, 0.05) is 72.6 Å². The van der Waals surface area contributed by atoms with E-state index < -0.39 is 0 Å². The molecule has 4 atom stereocenters.